The molecule has 0 spiro atoms. The molecule has 0 aliphatic carbocycles. The van der Waals surface area contributed by atoms with Gasteiger partial charge in [-0.3, -0.25) is 9.55 Å². The molecule has 6 nitrogen and oxygen atoms in total. The number of nitrogens with zero attached hydrogens (tertiary/aromatic N) is 3. The fraction of sp³-hybridized carbons (Fsp3) is 0.192. The molecule has 0 atom stereocenters. The van der Waals surface area contributed by atoms with E-state index in [9.17, 15) is 18.0 Å². The van der Waals surface area contributed by atoms with Crippen LogP contribution in [0, 0.1) is 6.92 Å². The lowest BCUT2D eigenvalue weighted by Gasteiger charge is -2.21. The highest BCUT2D eigenvalue weighted by atomic mass is 19.4. The van der Waals surface area contributed by atoms with E-state index in [4.69, 9.17) is 9.47 Å². The van der Waals surface area contributed by atoms with Gasteiger partial charge in [0.1, 0.15) is 18.1 Å². The molecule has 4 aromatic rings. The molecule has 5 rings (SSSR count). The lowest BCUT2D eigenvalue weighted by Crippen LogP contribution is -2.28. The zero-order valence-electron chi connectivity index (χ0n) is 18.7. The zero-order valence-corrected chi connectivity index (χ0v) is 18.7. The van der Waals surface area contributed by atoms with Gasteiger partial charge in [-0.1, -0.05) is 30.3 Å². The summed E-state index contributed by atoms with van der Waals surface area (Å²) in [6.07, 6.45) is -2.29. The summed E-state index contributed by atoms with van der Waals surface area (Å²) in [5.74, 6) is 0.541. The fourth-order valence-corrected chi connectivity index (χ4v) is 4.03. The predicted octanol–water partition coefficient (Wildman–Crippen LogP) is 5.56. The summed E-state index contributed by atoms with van der Waals surface area (Å²) in [6.45, 7) is 2.01. The minimum absolute atomic E-state index is 0.0561. The van der Waals surface area contributed by atoms with Crippen LogP contribution in [0.15, 0.2) is 71.7 Å². The Kier molecular flexibility index (Phi) is 5.76. The molecule has 0 fully saturated rings. The average Bonchev–Trinajstić information content (AvgIpc) is 2.84. The van der Waals surface area contributed by atoms with Gasteiger partial charge in [-0.2, -0.15) is 18.2 Å². The standard InChI is InChI=1S/C26H20F3N3O3/c1-16-6-8-19(12-22(16)26(27,28)29)35-20-9-7-18(30-14-20)15-34-24-13-23-21-5-3-2-4-17(21)10-11-32(23)25(33)31-24/h2-9,12-14H,10-11,15H2,1H3. The van der Waals surface area contributed by atoms with Gasteiger partial charge in [-0.25, -0.2) is 4.79 Å². The minimum atomic E-state index is -4.46. The highest BCUT2D eigenvalue weighted by molar-refractivity contribution is 5.66. The molecule has 35 heavy (non-hydrogen) atoms. The van der Waals surface area contributed by atoms with E-state index in [0.29, 0.717) is 12.2 Å². The molecule has 0 radical (unpaired) electrons. The molecule has 0 unspecified atom stereocenters. The van der Waals surface area contributed by atoms with E-state index in [0.717, 1.165) is 29.3 Å². The van der Waals surface area contributed by atoms with Crippen LogP contribution in [0.5, 0.6) is 17.4 Å². The maximum atomic E-state index is 13.1. The number of alkyl halides is 3. The van der Waals surface area contributed by atoms with E-state index < -0.39 is 11.7 Å². The summed E-state index contributed by atoms with van der Waals surface area (Å²) in [6, 6.07) is 16.7. The highest BCUT2D eigenvalue weighted by Crippen LogP contribution is 2.35. The van der Waals surface area contributed by atoms with Crippen molar-refractivity contribution < 1.29 is 22.6 Å². The number of halogens is 3. The van der Waals surface area contributed by atoms with Crippen molar-refractivity contribution in [2.24, 2.45) is 0 Å². The molecule has 9 heteroatoms. The number of aromatic nitrogens is 3. The van der Waals surface area contributed by atoms with E-state index in [1.54, 1.807) is 22.8 Å². The number of pyridine rings is 1. The topological polar surface area (TPSA) is 66.2 Å². The van der Waals surface area contributed by atoms with Crippen molar-refractivity contribution in [3.05, 3.63) is 99.7 Å². The monoisotopic (exact) mass is 479 g/mol. The first-order chi connectivity index (χ1) is 16.8. The first-order valence-corrected chi connectivity index (χ1v) is 10.9. The molecule has 1 aliphatic heterocycles. The van der Waals surface area contributed by atoms with Gasteiger partial charge in [0.2, 0.25) is 5.88 Å². The summed E-state index contributed by atoms with van der Waals surface area (Å²) < 4.78 is 52.3. The third kappa shape index (κ3) is 4.75. The Morgan fingerprint density at radius 2 is 1.83 bits per heavy atom. The second-order valence-electron chi connectivity index (χ2n) is 8.17. The lowest BCUT2D eigenvalue weighted by molar-refractivity contribution is -0.138. The molecule has 0 saturated heterocycles. The molecule has 0 amide bonds. The van der Waals surface area contributed by atoms with Crippen molar-refractivity contribution in [1.82, 2.24) is 14.5 Å². The zero-order chi connectivity index (χ0) is 24.6. The summed E-state index contributed by atoms with van der Waals surface area (Å²) in [4.78, 5) is 20.8. The van der Waals surface area contributed by atoms with Gasteiger partial charge in [-0.05, 0) is 48.7 Å². The van der Waals surface area contributed by atoms with Crippen LogP contribution in [-0.2, 0) is 25.7 Å². The molecule has 178 valence electrons. The first-order valence-electron chi connectivity index (χ1n) is 10.9. The van der Waals surface area contributed by atoms with Crippen molar-refractivity contribution in [2.45, 2.75) is 32.7 Å². The third-order valence-corrected chi connectivity index (χ3v) is 5.80. The Morgan fingerprint density at radius 3 is 2.60 bits per heavy atom. The van der Waals surface area contributed by atoms with Crippen molar-refractivity contribution >= 4 is 0 Å². The summed E-state index contributed by atoms with van der Waals surface area (Å²) in [5.41, 5.74) is 2.44. The van der Waals surface area contributed by atoms with Crippen LogP contribution in [0.3, 0.4) is 0 Å². The SMILES string of the molecule is Cc1ccc(Oc2ccc(COc3cc4n(c(=O)n3)CCc3ccccc3-4)nc2)cc1C(F)(F)F. The number of rotatable bonds is 5. The van der Waals surface area contributed by atoms with E-state index in [-0.39, 0.29) is 35.2 Å². The van der Waals surface area contributed by atoms with E-state index >= 15 is 0 Å². The fourth-order valence-electron chi connectivity index (χ4n) is 4.03. The minimum Gasteiger partial charge on any atom is -0.471 e. The third-order valence-electron chi connectivity index (χ3n) is 5.80. The van der Waals surface area contributed by atoms with Gasteiger partial charge < -0.3 is 9.47 Å². The predicted molar refractivity (Wildman–Crippen MR) is 122 cm³/mol. The van der Waals surface area contributed by atoms with Gasteiger partial charge in [0, 0.05) is 18.2 Å². The van der Waals surface area contributed by atoms with Crippen LogP contribution in [0.1, 0.15) is 22.4 Å². The number of aryl methyl sites for hydroxylation is 2. The van der Waals surface area contributed by atoms with Crippen LogP contribution in [0.25, 0.3) is 11.3 Å². The highest BCUT2D eigenvalue weighted by Gasteiger charge is 2.32. The Bertz CT molecular complexity index is 1450. The molecule has 0 saturated carbocycles. The van der Waals surface area contributed by atoms with Gasteiger partial charge in [-0.15, -0.1) is 0 Å². The summed E-state index contributed by atoms with van der Waals surface area (Å²) in [5, 5.41) is 0. The van der Waals surface area contributed by atoms with Crippen molar-refractivity contribution in [3.63, 3.8) is 0 Å². The van der Waals surface area contributed by atoms with Gasteiger partial charge in [0.25, 0.3) is 0 Å². The maximum Gasteiger partial charge on any atom is 0.416 e. The number of fused-ring (bicyclic) bond motifs is 3. The quantitative estimate of drug-likeness (QED) is 0.375. The van der Waals surface area contributed by atoms with Gasteiger partial charge >= 0.3 is 11.9 Å². The lowest BCUT2D eigenvalue weighted by atomic mass is 9.98. The van der Waals surface area contributed by atoms with Crippen LogP contribution < -0.4 is 15.2 Å². The maximum absolute atomic E-state index is 13.1. The van der Waals surface area contributed by atoms with Crippen LogP contribution in [-0.4, -0.2) is 14.5 Å². The number of hydrogen-bond donors (Lipinski definition) is 0. The molecular formula is C26H20F3N3O3. The number of ether oxygens (including phenoxy) is 2. The van der Waals surface area contributed by atoms with Crippen molar-refractivity contribution in [2.75, 3.05) is 0 Å². The molecule has 2 aromatic heterocycles. The Labute approximate surface area is 198 Å². The van der Waals surface area contributed by atoms with E-state index in [1.807, 2.05) is 24.3 Å². The molecule has 1 aliphatic rings. The van der Waals surface area contributed by atoms with Crippen LogP contribution in [0.2, 0.25) is 0 Å². The second kappa shape index (κ2) is 8.90. The summed E-state index contributed by atoms with van der Waals surface area (Å²) >= 11 is 0. The van der Waals surface area contributed by atoms with Gasteiger partial charge in [0.15, 0.2) is 0 Å². The Hall–Kier alpha value is -4.14. The smallest absolute Gasteiger partial charge is 0.416 e. The van der Waals surface area contributed by atoms with Crippen molar-refractivity contribution in [1.29, 1.82) is 0 Å². The Morgan fingerprint density at radius 1 is 1.03 bits per heavy atom. The van der Waals surface area contributed by atoms with Crippen LogP contribution >= 0.6 is 0 Å². The first kappa shape index (κ1) is 22.6. The number of hydrogen-bond acceptors (Lipinski definition) is 5. The normalized spacial score (nSPS) is 12.6. The van der Waals surface area contributed by atoms with E-state index in [2.05, 4.69) is 9.97 Å². The second-order valence-corrected chi connectivity index (χ2v) is 8.17. The molecular weight excluding hydrogens is 459 g/mol. The van der Waals surface area contributed by atoms with Gasteiger partial charge in [0.05, 0.1) is 23.1 Å². The van der Waals surface area contributed by atoms with Crippen molar-refractivity contribution in [3.8, 4) is 28.6 Å². The summed E-state index contributed by atoms with van der Waals surface area (Å²) in [7, 11) is 0. The number of benzene rings is 2. The molecule has 0 bridgehead atoms. The van der Waals surface area contributed by atoms with E-state index in [1.165, 1.54) is 25.3 Å². The molecule has 3 heterocycles. The average molecular weight is 479 g/mol. The molecule has 2 aromatic carbocycles. The Balaban J connectivity index is 1.29. The van der Waals surface area contributed by atoms with Crippen LogP contribution in [0.4, 0.5) is 13.2 Å². The molecule has 0 N–H and O–H groups in total. The largest absolute Gasteiger partial charge is 0.471 e.